The smallest absolute Gasteiger partial charge is 0.325 e. The van der Waals surface area contributed by atoms with Gasteiger partial charge in [0.1, 0.15) is 83.4 Å². The number of hydrogen-bond acceptors (Lipinski definition) is 27. The number of aromatic hydroxyl groups is 3. The van der Waals surface area contributed by atoms with Crippen LogP contribution in [0, 0.1) is 47.3 Å². The van der Waals surface area contributed by atoms with Gasteiger partial charge in [-0.15, -0.1) is 0 Å². The van der Waals surface area contributed by atoms with Gasteiger partial charge in [0, 0.05) is 66.8 Å². The van der Waals surface area contributed by atoms with Crippen LogP contribution < -0.4 is 56.6 Å². The maximum atomic E-state index is 16.8. The molecule has 5 aromatic carbocycles. The molecule has 2 saturated heterocycles. The highest BCUT2D eigenvalue weighted by Crippen LogP contribution is 2.59. The zero-order chi connectivity index (χ0) is 90.2. The van der Waals surface area contributed by atoms with Gasteiger partial charge in [0.05, 0.1) is 59.2 Å². The van der Waals surface area contributed by atoms with Gasteiger partial charge >= 0.3 is 6.03 Å². The Morgan fingerprint density at radius 3 is 1.99 bits per heavy atom. The average molecular weight is 1780 g/mol. The fourth-order valence-corrected chi connectivity index (χ4v) is 19.9. The van der Waals surface area contributed by atoms with Crippen LogP contribution in [0.2, 0.25) is 10.0 Å². The molecule has 17 N–H and O–H groups in total. The Hall–Kier alpha value is -10.1. The third kappa shape index (κ3) is 20.2. The van der Waals surface area contributed by atoms with Crippen molar-refractivity contribution in [1.29, 1.82) is 0 Å². The zero-order valence-electron chi connectivity index (χ0n) is 70.4. The number of aliphatic hydroxyl groups excluding tert-OH is 6. The summed E-state index contributed by atoms with van der Waals surface area (Å²) >= 11 is 14.6. The van der Waals surface area contributed by atoms with E-state index in [0.29, 0.717) is 24.9 Å². The Morgan fingerprint density at radius 2 is 1.37 bits per heavy atom. The molecular weight excluding hydrogens is 1680 g/mol. The van der Waals surface area contributed by atoms with Crippen molar-refractivity contribution in [3.8, 4) is 63.0 Å². The maximum absolute atomic E-state index is 16.8. The number of anilines is 1. The van der Waals surface area contributed by atoms with Gasteiger partial charge in [0.15, 0.2) is 41.2 Å². The fraction of sp³-hybridized carbons (Fsp3) is 0.516. The molecule has 7 aliphatic heterocycles. The number of carbonyl (C=O) groups excluding carboxylic acids is 9. The summed E-state index contributed by atoms with van der Waals surface area (Å²) in [6.07, 6.45) is -11.9. The number of nitrogens with zero attached hydrogens (tertiary/aromatic N) is 1. The number of imide groups is 1. The molecule has 0 radical (unpaired) electrons. The fourth-order valence-electron chi connectivity index (χ4n) is 19.4. The summed E-state index contributed by atoms with van der Waals surface area (Å²) in [6, 6.07) is 8.81. The van der Waals surface area contributed by atoms with E-state index in [1.165, 1.54) is 74.6 Å². The van der Waals surface area contributed by atoms with Crippen molar-refractivity contribution in [1.82, 2.24) is 31.6 Å². The van der Waals surface area contributed by atoms with Crippen LogP contribution in [0.25, 0.3) is 11.1 Å². The number of Topliss-reactive ketones (excluding diaryl/α,β-unsaturated/α-hetero) is 3. The number of nitrogens with one attached hydrogen (secondary N) is 6. The first kappa shape index (κ1) is 92.1. The van der Waals surface area contributed by atoms with Gasteiger partial charge in [-0.2, -0.15) is 0 Å². The van der Waals surface area contributed by atoms with Gasteiger partial charge < -0.3 is 111 Å². The molecule has 4 aliphatic carbocycles. The van der Waals surface area contributed by atoms with E-state index in [0.717, 1.165) is 87.8 Å². The molecule has 676 valence electrons. The van der Waals surface area contributed by atoms with Crippen LogP contribution in [-0.2, 0) is 52.6 Å². The third-order valence-corrected chi connectivity index (χ3v) is 26.4. The molecule has 0 spiro atoms. The Balaban J connectivity index is 0.951. The summed E-state index contributed by atoms with van der Waals surface area (Å²) in [7, 11) is 0. The van der Waals surface area contributed by atoms with E-state index in [2.05, 4.69) is 36.9 Å². The molecule has 6 aromatic rings. The van der Waals surface area contributed by atoms with E-state index in [1.807, 2.05) is 20.8 Å². The summed E-state index contributed by atoms with van der Waals surface area (Å²) < 4.78 is 45.0. The van der Waals surface area contributed by atoms with Crippen LogP contribution in [0.3, 0.4) is 0 Å². The van der Waals surface area contributed by atoms with Gasteiger partial charge in [-0.3, -0.25) is 43.7 Å². The number of pyridine rings is 1. The lowest BCUT2D eigenvalue weighted by Gasteiger charge is -2.54. The number of ether oxygens (including phenoxy) is 7. The predicted octanol–water partition coefficient (Wildman–Crippen LogP) is 9.29. The van der Waals surface area contributed by atoms with Crippen molar-refractivity contribution in [3.05, 3.63) is 135 Å². The first-order valence-corrected chi connectivity index (χ1v) is 43.7. The minimum atomic E-state index is -2.26. The van der Waals surface area contributed by atoms with E-state index in [1.54, 1.807) is 6.92 Å². The lowest BCUT2D eigenvalue weighted by atomic mass is 9.51. The molecule has 8 heterocycles. The van der Waals surface area contributed by atoms with Crippen molar-refractivity contribution in [2.24, 2.45) is 53.1 Å². The highest BCUT2D eigenvalue weighted by atomic mass is 35.5. The number of amides is 7. The summed E-state index contributed by atoms with van der Waals surface area (Å²) in [5, 5.41) is 122. The monoisotopic (exact) mass is 1780 g/mol. The SMILES string of the molecule is CCCCCOc1ccc(NC(=O)NC(=O)C[C@@H]2CC(=O)[C@H](NC(=O)[C@H](CC)CC(C)C)[C@H](O)c3ccc(c(Cl)c3)Oc3cc4cc(c3O[C@@H]3O[C@H](CO)[C@@H](O)[C@H](O)[C@H]3O[C@H]3C[C@](C)(N)[C@H](O)[C@H](C)O3)Oc3ccc(cc3Cl)[C@@H](O)[C@@H]3NC(=O)[C@H](CC(=O)[C@@H]4NC2=O)c2ccc(O)c(c2)-c2c(O)cc(O)cc2[C@@H](C(=O)CC2C4CC5CC(C4)CC2C5)NC3=O)cn1. The van der Waals surface area contributed by atoms with Gasteiger partial charge in [0.2, 0.25) is 47.5 Å². The Morgan fingerprint density at radius 1 is 0.706 bits per heavy atom. The number of carbonyl (C=O) groups is 9. The first-order valence-electron chi connectivity index (χ1n) is 43.0. The number of fused-ring (bicyclic) bond motifs is 15. The number of unbranched alkanes of at least 4 members (excludes halogenated alkanes) is 2. The minimum absolute atomic E-state index is 0.0578. The summed E-state index contributed by atoms with van der Waals surface area (Å²) in [5.41, 5.74) is 3.59. The number of urea groups is 1. The average Bonchev–Trinajstić information content (AvgIpc) is 0.744. The number of aliphatic hydroxyl groups is 6. The normalized spacial score (nSPS) is 30.3. The molecule has 7 amide bonds. The first-order chi connectivity index (χ1) is 60.0. The second-order valence-corrected chi connectivity index (χ2v) is 36.3. The zero-order valence-corrected chi connectivity index (χ0v) is 71.9. The minimum Gasteiger partial charge on any atom is -0.508 e. The highest BCUT2D eigenvalue weighted by Gasteiger charge is 2.53. The quantitative estimate of drug-likeness (QED) is 0.0298. The van der Waals surface area contributed by atoms with E-state index in [-0.39, 0.29) is 109 Å². The number of phenols is 3. The number of nitrogens with two attached hydrogens (primary N) is 1. The molecule has 33 nitrogen and oxygen atoms in total. The van der Waals surface area contributed by atoms with Crippen molar-refractivity contribution >= 4 is 81.8 Å². The molecule has 0 unspecified atom stereocenters. The molecule has 35 heteroatoms. The van der Waals surface area contributed by atoms with E-state index < -0.39 is 228 Å². The predicted molar refractivity (Wildman–Crippen MR) is 453 cm³/mol. The second kappa shape index (κ2) is 38.8. The number of ketones is 3. The number of aromatic nitrogens is 1. The molecule has 126 heavy (non-hydrogen) atoms. The number of phenolic OH excluding ortho intramolecular Hbond substituents is 3. The molecule has 6 fully saturated rings. The Bertz CT molecular complexity index is 5090. The Kier molecular flexibility index (Phi) is 28.4. The van der Waals surface area contributed by atoms with Crippen LogP contribution in [0.15, 0.2) is 97.2 Å². The summed E-state index contributed by atoms with van der Waals surface area (Å²) in [4.78, 5) is 144. The van der Waals surface area contributed by atoms with E-state index in [4.69, 9.17) is 62.1 Å². The largest absolute Gasteiger partial charge is 0.508 e. The van der Waals surface area contributed by atoms with E-state index in [9.17, 15) is 60.3 Å². The van der Waals surface area contributed by atoms with Crippen molar-refractivity contribution < 1.29 is 122 Å². The topological polar surface area (TPSA) is 511 Å². The van der Waals surface area contributed by atoms with Crippen molar-refractivity contribution in [3.63, 3.8) is 0 Å². The van der Waals surface area contributed by atoms with Gasteiger partial charge in [-0.1, -0.05) is 81.9 Å². The number of halogens is 2. The lowest BCUT2D eigenvalue weighted by Crippen LogP contribution is -2.64. The van der Waals surface area contributed by atoms with E-state index >= 15 is 28.8 Å². The van der Waals surface area contributed by atoms with Crippen LogP contribution in [0.4, 0.5) is 10.5 Å². The number of benzene rings is 5. The van der Waals surface area contributed by atoms with Crippen molar-refractivity contribution in [2.75, 3.05) is 18.5 Å². The van der Waals surface area contributed by atoms with Gasteiger partial charge in [0.25, 0.3) is 0 Å². The highest BCUT2D eigenvalue weighted by molar-refractivity contribution is 6.32. The third-order valence-electron chi connectivity index (χ3n) is 25.8. The molecule has 15 bridgehead atoms. The van der Waals surface area contributed by atoms with Crippen LogP contribution in [0.5, 0.6) is 51.9 Å². The number of rotatable bonds is 21. The molecule has 17 rings (SSSR count). The second-order valence-electron chi connectivity index (χ2n) is 35.5. The summed E-state index contributed by atoms with van der Waals surface area (Å²) in [5.74, 6) is -16.2. The van der Waals surface area contributed by atoms with Gasteiger partial charge in [-0.25, -0.2) is 9.78 Å². The molecule has 11 aliphatic rings. The summed E-state index contributed by atoms with van der Waals surface area (Å²) in [6.45, 7) is 9.96. The molecule has 18 atom stereocenters. The van der Waals surface area contributed by atoms with Crippen LogP contribution in [-0.4, -0.2) is 184 Å². The van der Waals surface area contributed by atoms with Crippen molar-refractivity contribution in [2.45, 2.75) is 235 Å². The lowest BCUT2D eigenvalue weighted by molar-refractivity contribution is -0.333. The molecule has 4 saturated carbocycles. The van der Waals surface area contributed by atoms with Crippen LogP contribution >= 0.6 is 23.2 Å². The Labute approximate surface area is 736 Å². The molecular formula is C91H108Cl2N8O25. The van der Waals surface area contributed by atoms with Crippen LogP contribution in [0.1, 0.15) is 196 Å². The standard InChI is InChI=1S/C91H108Cl2N8O25/c1-7-9-10-19-120-71-18-14-52(38-95-71)96-90(119)97-70(109)32-51-29-62(106)76(100-85(115)44(8-2)20-40(3)4)78(110)46-12-16-65(58(92)27-46)122-67-30-50-31-68(82(67)126-89-83(81(113)80(112)69(39-102)124-89)125-72-37-91(6,94)84(114)41(5)121-72)123-66-17-13-47(28-59(66)93)79(111)77-88(118)99-75(64(108)35-54-48-22-42-21-43(24-48)25-49(54)23-42)57-33-53(103)34-61(105)73(57)56-26-45(11-15-60(56)104)55(87(117)101-77)36-63(107)74(50)98-86(51)116/h11-18,26-28,30-31,33-34,38,40-44,48-49,51,54-55,69,72,74-81,83-84,89,102-105,110-114H,7-10,19-25,29,32,35-37,39,94H2,1-6H3,(H,98,116)(H,99,118)(H,100,115)(H,101,117)(H2,96,97,109,119)/t41-,42?,43?,44+,48?,49?,51-,54?,55+,69+,72-,74+,75-,76-,77-,78+,79+,80+,81-,83+,84+,89-,91-/m0/s1. The number of hydrogen-bond donors (Lipinski definition) is 16. The maximum Gasteiger partial charge on any atom is 0.325 e. The molecule has 1 aromatic heterocycles. The van der Waals surface area contributed by atoms with Gasteiger partial charge in [-0.05, 0) is 189 Å².